The molecule has 0 aromatic heterocycles. The Balaban J connectivity index is 3.68. The monoisotopic (exact) mass is 129 g/mol. The Labute approximate surface area is 52.2 Å². The van der Waals surface area contributed by atoms with Gasteiger partial charge in [-0.3, -0.25) is 4.79 Å². The molecule has 0 spiro atoms. The van der Waals surface area contributed by atoms with Gasteiger partial charge in [0.05, 0.1) is 6.42 Å². The van der Waals surface area contributed by atoms with Crippen molar-refractivity contribution in [1.29, 1.82) is 0 Å². The summed E-state index contributed by atoms with van der Waals surface area (Å²) in [5, 5.41) is 10.6. The lowest BCUT2D eigenvalue weighted by Crippen LogP contribution is -2.06. The summed E-state index contributed by atoms with van der Waals surface area (Å²) < 4.78 is 0. The standard InChI is InChI=1S/C5H7NO3/c1-2-4(6-9)3-5(7)8/h2,4H,1,3H2,(H,7,8). The van der Waals surface area contributed by atoms with Crippen LogP contribution in [0, 0.1) is 4.91 Å². The van der Waals surface area contributed by atoms with E-state index in [-0.39, 0.29) is 6.42 Å². The highest BCUT2D eigenvalue weighted by atomic mass is 16.4. The highest BCUT2D eigenvalue weighted by molar-refractivity contribution is 5.67. The van der Waals surface area contributed by atoms with E-state index >= 15 is 0 Å². The number of hydrogen-bond acceptors (Lipinski definition) is 3. The van der Waals surface area contributed by atoms with Crippen LogP contribution in [0.3, 0.4) is 0 Å². The molecule has 0 saturated heterocycles. The number of carbonyl (C=O) groups is 1. The van der Waals surface area contributed by atoms with E-state index in [2.05, 4.69) is 11.8 Å². The minimum absolute atomic E-state index is 0.271. The molecule has 0 amide bonds. The molecule has 0 aliphatic carbocycles. The zero-order valence-electron chi connectivity index (χ0n) is 4.78. The van der Waals surface area contributed by atoms with E-state index in [0.717, 1.165) is 0 Å². The maximum atomic E-state index is 9.88. The van der Waals surface area contributed by atoms with Crippen LogP contribution >= 0.6 is 0 Å². The van der Waals surface area contributed by atoms with Crippen molar-refractivity contribution in [2.75, 3.05) is 0 Å². The molecule has 0 aromatic carbocycles. The summed E-state index contributed by atoms with van der Waals surface area (Å²) in [6.45, 7) is 3.23. The molecule has 0 aromatic rings. The fourth-order valence-electron chi connectivity index (χ4n) is 0.343. The second-order valence-corrected chi connectivity index (χ2v) is 1.51. The first-order valence-electron chi connectivity index (χ1n) is 2.37. The van der Waals surface area contributed by atoms with Crippen LogP contribution < -0.4 is 0 Å². The van der Waals surface area contributed by atoms with Gasteiger partial charge < -0.3 is 5.11 Å². The number of carboxylic acid groups (broad SMARTS) is 1. The summed E-state index contributed by atoms with van der Waals surface area (Å²) >= 11 is 0. The molecule has 0 radical (unpaired) electrons. The number of nitroso groups, excluding NO2 is 1. The largest absolute Gasteiger partial charge is 0.481 e. The van der Waals surface area contributed by atoms with Crippen molar-refractivity contribution in [3.05, 3.63) is 17.6 Å². The first-order chi connectivity index (χ1) is 4.20. The van der Waals surface area contributed by atoms with Gasteiger partial charge in [-0.05, 0) is 0 Å². The molecule has 1 unspecified atom stereocenters. The molecule has 0 heterocycles. The molecular formula is C5H7NO3. The molecule has 9 heavy (non-hydrogen) atoms. The van der Waals surface area contributed by atoms with E-state index in [0.29, 0.717) is 0 Å². The Bertz CT molecular complexity index is 124. The molecule has 0 saturated carbocycles. The number of nitrogens with zero attached hydrogens (tertiary/aromatic N) is 1. The van der Waals surface area contributed by atoms with Gasteiger partial charge in [-0.25, -0.2) is 0 Å². The quantitative estimate of drug-likeness (QED) is 0.450. The minimum Gasteiger partial charge on any atom is -0.481 e. The van der Waals surface area contributed by atoms with Crippen molar-refractivity contribution in [2.45, 2.75) is 12.5 Å². The smallest absolute Gasteiger partial charge is 0.305 e. The van der Waals surface area contributed by atoms with E-state index in [1.807, 2.05) is 0 Å². The number of aliphatic carboxylic acids is 1. The summed E-state index contributed by atoms with van der Waals surface area (Å²) in [5.74, 6) is -1.04. The van der Waals surface area contributed by atoms with Crippen LogP contribution in [-0.2, 0) is 4.79 Å². The molecule has 0 aliphatic rings. The van der Waals surface area contributed by atoms with Crippen LogP contribution in [0.1, 0.15) is 6.42 Å². The molecule has 0 rings (SSSR count). The zero-order chi connectivity index (χ0) is 7.28. The third-order valence-electron chi connectivity index (χ3n) is 0.791. The van der Waals surface area contributed by atoms with Crippen LogP contribution in [0.25, 0.3) is 0 Å². The van der Waals surface area contributed by atoms with Crippen LogP contribution in [0.15, 0.2) is 17.8 Å². The summed E-state index contributed by atoms with van der Waals surface area (Å²) in [4.78, 5) is 19.6. The maximum Gasteiger partial charge on any atom is 0.305 e. The van der Waals surface area contributed by atoms with Crippen molar-refractivity contribution in [1.82, 2.24) is 0 Å². The normalized spacial score (nSPS) is 12.0. The molecule has 4 heteroatoms. The highest BCUT2D eigenvalue weighted by Gasteiger charge is 2.07. The summed E-state index contributed by atoms with van der Waals surface area (Å²) in [7, 11) is 0. The van der Waals surface area contributed by atoms with E-state index < -0.39 is 12.0 Å². The highest BCUT2D eigenvalue weighted by Crippen LogP contribution is 1.96. The predicted octanol–water partition coefficient (Wildman–Crippen LogP) is 0.782. The molecule has 1 atom stereocenters. The molecule has 0 fully saturated rings. The number of hydrogen-bond donors (Lipinski definition) is 1. The first kappa shape index (κ1) is 7.81. The Morgan fingerprint density at radius 2 is 2.44 bits per heavy atom. The Morgan fingerprint density at radius 1 is 1.89 bits per heavy atom. The fraction of sp³-hybridized carbons (Fsp3) is 0.400. The van der Waals surface area contributed by atoms with Crippen LogP contribution in [0.2, 0.25) is 0 Å². The Morgan fingerprint density at radius 3 is 2.56 bits per heavy atom. The number of rotatable bonds is 4. The van der Waals surface area contributed by atoms with Gasteiger partial charge in [-0.1, -0.05) is 11.3 Å². The van der Waals surface area contributed by atoms with Crippen molar-refractivity contribution >= 4 is 5.97 Å². The Kier molecular flexibility index (Phi) is 3.27. The van der Waals surface area contributed by atoms with Gasteiger partial charge in [0.1, 0.15) is 6.04 Å². The lowest BCUT2D eigenvalue weighted by molar-refractivity contribution is -0.137. The molecule has 0 aliphatic heterocycles. The van der Waals surface area contributed by atoms with Crippen molar-refractivity contribution in [2.24, 2.45) is 5.18 Å². The molecule has 4 nitrogen and oxygen atoms in total. The van der Waals surface area contributed by atoms with Gasteiger partial charge in [0.2, 0.25) is 0 Å². The van der Waals surface area contributed by atoms with E-state index in [1.165, 1.54) is 6.08 Å². The van der Waals surface area contributed by atoms with Gasteiger partial charge in [0.15, 0.2) is 0 Å². The fourth-order valence-corrected chi connectivity index (χ4v) is 0.343. The average Bonchev–Trinajstić information content (AvgIpc) is 1.82. The first-order valence-corrected chi connectivity index (χ1v) is 2.37. The molecular weight excluding hydrogens is 122 g/mol. The minimum atomic E-state index is -1.04. The Hall–Kier alpha value is -1.19. The molecule has 0 bridgehead atoms. The van der Waals surface area contributed by atoms with Gasteiger partial charge in [0, 0.05) is 0 Å². The SMILES string of the molecule is C=CC(CC(=O)O)N=O. The van der Waals surface area contributed by atoms with Crippen molar-refractivity contribution in [3.63, 3.8) is 0 Å². The lowest BCUT2D eigenvalue weighted by Gasteiger charge is -1.94. The second kappa shape index (κ2) is 3.77. The molecule has 1 N–H and O–H groups in total. The predicted molar refractivity (Wildman–Crippen MR) is 32.0 cm³/mol. The van der Waals surface area contributed by atoms with Crippen molar-refractivity contribution in [3.8, 4) is 0 Å². The summed E-state index contributed by atoms with van der Waals surface area (Å²) in [6.07, 6.45) is 0.939. The van der Waals surface area contributed by atoms with Crippen LogP contribution in [0.5, 0.6) is 0 Å². The summed E-state index contributed by atoms with van der Waals surface area (Å²) in [6, 6.07) is -0.789. The van der Waals surface area contributed by atoms with Crippen LogP contribution in [0.4, 0.5) is 0 Å². The van der Waals surface area contributed by atoms with Gasteiger partial charge >= 0.3 is 5.97 Å². The third kappa shape index (κ3) is 3.40. The van der Waals surface area contributed by atoms with Crippen LogP contribution in [-0.4, -0.2) is 17.1 Å². The second-order valence-electron chi connectivity index (χ2n) is 1.51. The maximum absolute atomic E-state index is 9.88. The topological polar surface area (TPSA) is 66.7 Å². The van der Waals surface area contributed by atoms with E-state index in [9.17, 15) is 9.70 Å². The van der Waals surface area contributed by atoms with E-state index in [4.69, 9.17) is 5.11 Å². The molecule has 50 valence electrons. The van der Waals surface area contributed by atoms with Gasteiger partial charge in [-0.15, -0.1) is 6.58 Å². The third-order valence-corrected chi connectivity index (χ3v) is 0.791. The zero-order valence-corrected chi connectivity index (χ0v) is 4.78. The van der Waals surface area contributed by atoms with Gasteiger partial charge in [-0.2, -0.15) is 4.91 Å². The number of carboxylic acids is 1. The lowest BCUT2D eigenvalue weighted by atomic mass is 10.2. The average molecular weight is 129 g/mol. The van der Waals surface area contributed by atoms with Gasteiger partial charge in [0.25, 0.3) is 0 Å². The summed E-state index contributed by atoms with van der Waals surface area (Å²) in [5.41, 5.74) is 0. The van der Waals surface area contributed by atoms with Crippen molar-refractivity contribution < 1.29 is 9.90 Å². The van der Waals surface area contributed by atoms with E-state index in [1.54, 1.807) is 0 Å².